The van der Waals surface area contributed by atoms with Gasteiger partial charge in [0.25, 0.3) is 0 Å². The zero-order valence-corrected chi connectivity index (χ0v) is 16.0. The summed E-state index contributed by atoms with van der Waals surface area (Å²) >= 11 is 0. The highest BCUT2D eigenvalue weighted by Gasteiger charge is 2.40. The average Bonchev–Trinajstić information content (AvgIpc) is 2.89. The summed E-state index contributed by atoms with van der Waals surface area (Å²) in [6, 6.07) is 10.2. The molecule has 2 aliphatic heterocycles. The molecule has 2 saturated heterocycles. The van der Waals surface area contributed by atoms with Crippen molar-refractivity contribution < 1.29 is 9.53 Å². The molecule has 1 amide bonds. The predicted octanol–water partition coefficient (Wildman–Crippen LogP) is 2.78. The number of rotatable bonds is 4. The number of carbonyl (C=O) groups is 1. The van der Waals surface area contributed by atoms with Crippen molar-refractivity contribution in [2.45, 2.75) is 24.9 Å². The second kappa shape index (κ2) is 8.52. The Morgan fingerprint density at radius 2 is 1.93 bits per heavy atom. The van der Waals surface area contributed by atoms with Crippen molar-refractivity contribution in [3.63, 3.8) is 0 Å². The molecule has 4 rings (SSSR count). The van der Waals surface area contributed by atoms with Crippen LogP contribution in [0.3, 0.4) is 0 Å². The maximum atomic E-state index is 12.9. The van der Waals surface area contributed by atoms with Crippen LogP contribution in [0.15, 0.2) is 55.0 Å². The number of amides is 1. The summed E-state index contributed by atoms with van der Waals surface area (Å²) in [5.41, 5.74) is 0.808. The van der Waals surface area contributed by atoms with Crippen LogP contribution in [0.4, 0.5) is 5.82 Å². The molecule has 2 aromatic rings. The fourth-order valence-electron chi connectivity index (χ4n) is 3.93. The van der Waals surface area contributed by atoms with Gasteiger partial charge in [0.05, 0.1) is 24.8 Å². The Morgan fingerprint density at radius 1 is 1.11 bits per heavy atom. The first-order valence-electron chi connectivity index (χ1n) is 9.88. The van der Waals surface area contributed by atoms with Crippen LogP contribution < -0.4 is 4.90 Å². The second-order valence-corrected chi connectivity index (χ2v) is 7.41. The highest BCUT2D eigenvalue weighted by molar-refractivity contribution is 5.78. The van der Waals surface area contributed by atoms with Gasteiger partial charge in [0.15, 0.2) is 0 Å². The number of anilines is 1. The number of piperidine rings is 1. The van der Waals surface area contributed by atoms with Crippen molar-refractivity contribution in [3.05, 3.63) is 60.6 Å². The van der Waals surface area contributed by atoms with Crippen LogP contribution in [0.25, 0.3) is 6.08 Å². The molecular weight excluding hydrogens is 352 g/mol. The van der Waals surface area contributed by atoms with Gasteiger partial charge in [-0.25, -0.2) is 4.98 Å². The molecule has 0 unspecified atom stereocenters. The first kappa shape index (κ1) is 18.6. The maximum Gasteiger partial charge on any atom is 0.225 e. The summed E-state index contributed by atoms with van der Waals surface area (Å²) in [6.07, 6.45) is 11.4. The molecule has 1 spiro atoms. The standard InChI is InChI=1S/C22H26N4O2/c27-21-17-22(8-13-25(14-9-22)20-18-23-10-11-24-20)28-16-15-26(21)12-4-7-19-5-2-1-3-6-19/h1-7,10-11,18H,8-9,12-17H2/b7-4+. The van der Waals surface area contributed by atoms with Gasteiger partial charge in [0.2, 0.25) is 5.91 Å². The van der Waals surface area contributed by atoms with Gasteiger partial charge >= 0.3 is 0 Å². The van der Waals surface area contributed by atoms with Gasteiger partial charge in [-0.2, -0.15) is 0 Å². The number of ether oxygens (including phenoxy) is 1. The Morgan fingerprint density at radius 3 is 2.68 bits per heavy atom. The fourth-order valence-corrected chi connectivity index (χ4v) is 3.93. The van der Waals surface area contributed by atoms with Gasteiger partial charge in [-0.05, 0) is 18.4 Å². The molecule has 6 heteroatoms. The topological polar surface area (TPSA) is 58.6 Å². The molecule has 1 aromatic heterocycles. The van der Waals surface area contributed by atoms with E-state index in [-0.39, 0.29) is 11.5 Å². The lowest BCUT2D eigenvalue weighted by Gasteiger charge is -2.40. The molecule has 28 heavy (non-hydrogen) atoms. The lowest BCUT2D eigenvalue weighted by atomic mass is 9.87. The van der Waals surface area contributed by atoms with E-state index in [1.165, 1.54) is 0 Å². The van der Waals surface area contributed by atoms with Gasteiger partial charge in [0, 0.05) is 38.6 Å². The number of carbonyl (C=O) groups excluding carboxylic acids is 1. The summed E-state index contributed by atoms with van der Waals surface area (Å²) in [6.45, 7) is 3.53. The van der Waals surface area contributed by atoms with Gasteiger partial charge in [0.1, 0.15) is 5.82 Å². The fraction of sp³-hybridized carbons (Fsp3) is 0.409. The van der Waals surface area contributed by atoms with Crippen LogP contribution in [-0.4, -0.2) is 59.2 Å². The quantitative estimate of drug-likeness (QED) is 0.819. The predicted molar refractivity (Wildman–Crippen MR) is 109 cm³/mol. The van der Waals surface area contributed by atoms with Crippen molar-refractivity contribution in [2.24, 2.45) is 0 Å². The third-order valence-electron chi connectivity index (χ3n) is 5.58. The van der Waals surface area contributed by atoms with E-state index in [1.807, 2.05) is 23.1 Å². The van der Waals surface area contributed by atoms with E-state index in [0.29, 0.717) is 26.1 Å². The van der Waals surface area contributed by atoms with E-state index < -0.39 is 0 Å². The average molecular weight is 378 g/mol. The summed E-state index contributed by atoms with van der Waals surface area (Å²) in [7, 11) is 0. The molecule has 146 valence electrons. The van der Waals surface area contributed by atoms with Crippen LogP contribution in [0, 0.1) is 0 Å². The summed E-state index contributed by atoms with van der Waals surface area (Å²) in [5.74, 6) is 1.08. The van der Waals surface area contributed by atoms with Crippen LogP contribution in [0.2, 0.25) is 0 Å². The van der Waals surface area contributed by atoms with Crippen LogP contribution in [0.5, 0.6) is 0 Å². The van der Waals surface area contributed by atoms with Crippen molar-refractivity contribution in [3.8, 4) is 0 Å². The number of hydrogen-bond acceptors (Lipinski definition) is 5. The third kappa shape index (κ3) is 4.39. The summed E-state index contributed by atoms with van der Waals surface area (Å²) in [4.78, 5) is 25.5. The van der Waals surface area contributed by atoms with E-state index >= 15 is 0 Å². The third-order valence-corrected chi connectivity index (χ3v) is 5.58. The van der Waals surface area contributed by atoms with E-state index in [9.17, 15) is 4.79 Å². The normalized spacial score (nSPS) is 19.9. The first-order valence-corrected chi connectivity index (χ1v) is 9.88. The zero-order valence-electron chi connectivity index (χ0n) is 16.0. The van der Waals surface area contributed by atoms with Gasteiger partial charge in [-0.3, -0.25) is 9.78 Å². The van der Waals surface area contributed by atoms with Gasteiger partial charge in [-0.15, -0.1) is 0 Å². The summed E-state index contributed by atoms with van der Waals surface area (Å²) in [5, 5.41) is 0. The number of hydrogen-bond donors (Lipinski definition) is 0. The van der Waals surface area contributed by atoms with Crippen molar-refractivity contribution in [2.75, 3.05) is 37.7 Å². The van der Waals surface area contributed by atoms with E-state index in [1.54, 1.807) is 18.6 Å². The van der Waals surface area contributed by atoms with Gasteiger partial charge in [-0.1, -0.05) is 42.5 Å². The van der Waals surface area contributed by atoms with E-state index in [2.05, 4.69) is 39.2 Å². The van der Waals surface area contributed by atoms with Gasteiger partial charge < -0.3 is 14.5 Å². The molecule has 3 heterocycles. The minimum atomic E-state index is -0.340. The molecular formula is C22H26N4O2. The zero-order chi connectivity index (χ0) is 19.2. The lowest BCUT2D eigenvalue weighted by Crippen LogP contribution is -2.47. The molecule has 0 bridgehead atoms. The van der Waals surface area contributed by atoms with E-state index in [4.69, 9.17) is 4.74 Å². The Kier molecular flexibility index (Phi) is 5.67. The van der Waals surface area contributed by atoms with E-state index in [0.717, 1.165) is 37.3 Å². The molecule has 2 fully saturated rings. The number of nitrogens with zero attached hydrogens (tertiary/aromatic N) is 4. The number of aromatic nitrogens is 2. The molecule has 1 aromatic carbocycles. The Balaban J connectivity index is 1.34. The second-order valence-electron chi connectivity index (χ2n) is 7.41. The molecule has 2 aliphatic rings. The molecule has 0 radical (unpaired) electrons. The van der Waals surface area contributed by atoms with Crippen molar-refractivity contribution >= 4 is 17.8 Å². The highest BCUT2D eigenvalue weighted by Crippen LogP contribution is 2.33. The SMILES string of the molecule is O=C1CC2(CCN(c3cnccn3)CC2)OCCN1C/C=C/c1ccccc1. The minimum absolute atomic E-state index is 0.183. The van der Waals surface area contributed by atoms with Crippen LogP contribution in [0.1, 0.15) is 24.8 Å². The molecule has 0 N–H and O–H groups in total. The smallest absolute Gasteiger partial charge is 0.225 e. The molecule has 6 nitrogen and oxygen atoms in total. The number of benzene rings is 1. The summed E-state index contributed by atoms with van der Waals surface area (Å²) < 4.78 is 6.23. The Hall–Kier alpha value is -2.73. The highest BCUT2D eigenvalue weighted by atomic mass is 16.5. The monoisotopic (exact) mass is 378 g/mol. The Bertz CT molecular complexity index is 802. The Labute approximate surface area is 165 Å². The first-order chi connectivity index (χ1) is 13.7. The van der Waals surface area contributed by atoms with Crippen LogP contribution in [-0.2, 0) is 9.53 Å². The molecule has 0 atom stereocenters. The maximum absolute atomic E-state index is 12.9. The molecule has 0 saturated carbocycles. The minimum Gasteiger partial charge on any atom is -0.372 e. The largest absolute Gasteiger partial charge is 0.372 e. The van der Waals surface area contributed by atoms with Crippen LogP contribution >= 0.6 is 0 Å². The van der Waals surface area contributed by atoms with Crippen molar-refractivity contribution in [1.82, 2.24) is 14.9 Å². The van der Waals surface area contributed by atoms with Crippen molar-refractivity contribution in [1.29, 1.82) is 0 Å². The molecule has 0 aliphatic carbocycles. The lowest BCUT2D eigenvalue weighted by molar-refractivity contribution is -0.133.